The zero-order valence-corrected chi connectivity index (χ0v) is 21.9. The summed E-state index contributed by atoms with van der Waals surface area (Å²) in [6.07, 6.45) is 2.31. The largest absolute Gasteiger partial charge is 0.467 e. The minimum atomic E-state index is -3.65. The van der Waals surface area contributed by atoms with Crippen molar-refractivity contribution in [2.75, 3.05) is 13.4 Å². The Labute approximate surface area is 210 Å². The lowest BCUT2D eigenvalue weighted by molar-refractivity contribution is -0.154. The molecule has 12 heteroatoms. The quantitative estimate of drug-likeness (QED) is 0.574. The van der Waals surface area contributed by atoms with E-state index in [1.807, 2.05) is 0 Å². The van der Waals surface area contributed by atoms with Crippen LogP contribution in [0, 0.1) is 5.82 Å². The van der Waals surface area contributed by atoms with Crippen molar-refractivity contribution in [3.63, 3.8) is 0 Å². The third-order valence-corrected chi connectivity index (χ3v) is 6.56. The van der Waals surface area contributed by atoms with E-state index in [2.05, 4.69) is 14.7 Å². The van der Waals surface area contributed by atoms with Crippen molar-refractivity contribution in [1.29, 1.82) is 0 Å². The van der Waals surface area contributed by atoms with Gasteiger partial charge in [-0.15, -0.1) is 0 Å². The first-order valence-corrected chi connectivity index (χ1v) is 13.2. The molecule has 0 aliphatic carbocycles. The van der Waals surface area contributed by atoms with Gasteiger partial charge < -0.3 is 9.47 Å². The van der Waals surface area contributed by atoms with Crippen LogP contribution < -0.4 is 4.72 Å². The molecule has 1 aliphatic rings. The Morgan fingerprint density at radius 3 is 2.44 bits per heavy atom. The van der Waals surface area contributed by atoms with Crippen LogP contribution in [0.15, 0.2) is 36.7 Å². The van der Waals surface area contributed by atoms with Gasteiger partial charge in [0, 0.05) is 30.5 Å². The molecule has 1 amide bonds. The van der Waals surface area contributed by atoms with Gasteiger partial charge in [-0.3, -0.25) is 4.90 Å². The Morgan fingerprint density at radius 2 is 1.89 bits per heavy atom. The van der Waals surface area contributed by atoms with E-state index in [0.717, 1.165) is 18.6 Å². The van der Waals surface area contributed by atoms with Crippen LogP contribution in [0.2, 0.25) is 0 Å². The fourth-order valence-corrected chi connectivity index (χ4v) is 5.32. The molecule has 3 atom stereocenters. The number of nitrogens with one attached hydrogen (secondary N) is 1. The summed E-state index contributed by atoms with van der Waals surface area (Å²) in [6, 6.07) is 5.45. The number of esters is 1. The van der Waals surface area contributed by atoms with Crippen molar-refractivity contribution in [1.82, 2.24) is 19.6 Å². The first kappa shape index (κ1) is 27.5. The molecule has 0 saturated carbocycles. The van der Waals surface area contributed by atoms with Gasteiger partial charge in [-0.2, -0.15) is 0 Å². The third kappa shape index (κ3) is 6.16. The topological polar surface area (TPSA) is 128 Å². The van der Waals surface area contributed by atoms with E-state index in [-0.39, 0.29) is 18.7 Å². The number of hydrogen-bond donors (Lipinski definition) is 1. The van der Waals surface area contributed by atoms with Gasteiger partial charge >= 0.3 is 12.1 Å². The summed E-state index contributed by atoms with van der Waals surface area (Å²) in [6.45, 7) is 6.75. The average molecular weight is 523 g/mol. The number of carbonyl (C=O) groups excluding carboxylic acids is 2. The fraction of sp³-hybridized carbons (Fsp3) is 0.500. The average Bonchev–Trinajstić information content (AvgIpc) is 3.03. The number of halogens is 1. The minimum Gasteiger partial charge on any atom is -0.467 e. The molecular formula is C24H31FN4O6S. The zero-order chi connectivity index (χ0) is 26.9. The Kier molecular flexibility index (Phi) is 7.70. The number of rotatable bonds is 6. The molecule has 36 heavy (non-hydrogen) atoms. The first-order chi connectivity index (χ1) is 16.6. The molecule has 0 spiro atoms. The van der Waals surface area contributed by atoms with Crippen LogP contribution in [0.1, 0.15) is 39.7 Å². The summed E-state index contributed by atoms with van der Waals surface area (Å²) in [5, 5.41) is 0. The van der Waals surface area contributed by atoms with E-state index in [0.29, 0.717) is 11.1 Å². The third-order valence-electron chi connectivity index (χ3n) is 5.83. The second kappa shape index (κ2) is 10.1. The highest BCUT2D eigenvalue weighted by Crippen LogP contribution is 2.40. The SMILES string of the molecule is COC(=O)[C@]1(Cc2cccc(-c3ncc(F)cn3)c2)C[C@@H](NS(C)(=O)=O)[C@H](C)N1C(=O)OC(C)(C)C. The van der Waals surface area contributed by atoms with Crippen LogP contribution in [0.5, 0.6) is 0 Å². The van der Waals surface area contributed by atoms with Crippen LogP contribution in [-0.2, 0) is 30.7 Å². The van der Waals surface area contributed by atoms with Gasteiger partial charge in [0.1, 0.15) is 11.1 Å². The van der Waals surface area contributed by atoms with E-state index in [1.165, 1.54) is 12.0 Å². The van der Waals surface area contributed by atoms with Crippen molar-refractivity contribution in [3.05, 3.63) is 48.0 Å². The van der Waals surface area contributed by atoms with Crippen LogP contribution in [0.3, 0.4) is 0 Å². The lowest BCUT2D eigenvalue weighted by Crippen LogP contribution is -2.58. The summed E-state index contributed by atoms with van der Waals surface area (Å²) in [7, 11) is -2.44. The Bertz CT molecular complexity index is 1230. The molecule has 2 aromatic rings. The summed E-state index contributed by atoms with van der Waals surface area (Å²) >= 11 is 0. The Morgan fingerprint density at radius 1 is 1.25 bits per heavy atom. The van der Waals surface area contributed by atoms with Crippen molar-refractivity contribution in [2.24, 2.45) is 0 Å². The number of nitrogens with zero attached hydrogens (tertiary/aromatic N) is 3. The molecule has 10 nitrogen and oxygen atoms in total. The molecule has 2 heterocycles. The van der Waals surface area contributed by atoms with Gasteiger partial charge in [-0.25, -0.2) is 37.1 Å². The van der Waals surface area contributed by atoms with E-state index in [1.54, 1.807) is 52.0 Å². The summed E-state index contributed by atoms with van der Waals surface area (Å²) in [5.74, 6) is -0.996. The van der Waals surface area contributed by atoms with Crippen molar-refractivity contribution in [2.45, 2.75) is 63.8 Å². The van der Waals surface area contributed by atoms with Crippen LogP contribution in [-0.4, -0.2) is 71.9 Å². The molecule has 1 N–H and O–H groups in total. The molecule has 196 valence electrons. The highest BCUT2D eigenvalue weighted by molar-refractivity contribution is 7.88. The van der Waals surface area contributed by atoms with Gasteiger partial charge in [0.2, 0.25) is 10.0 Å². The minimum absolute atomic E-state index is 0.000231. The molecular weight excluding hydrogens is 491 g/mol. The maximum Gasteiger partial charge on any atom is 0.411 e. The van der Waals surface area contributed by atoms with Crippen molar-refractivity contribution >= 4 is 22.1 Å². The lowest BCUT2D eigenvalue weighted by Gasteiger charge is -2.38. The molecule has 1 aromatic heterocycles. The molecule has 3 rings (SSSR count). The molecule has 1 aliphatic heterocycles. The molecule has 1 fully saturated rings. The maximum atomic E-state index is 13.4. The van der Waals surface area contributed by atoms with Crippen LogP contribution in [0.25, 0.3) is 11.4 Å². The van der Waals surface area contributed by atoms with Crippen LogP contribution >= 0.6 is 0 Å². The van der Waals surface area contributed by atoms with Gasteiger partial charge in [0.05, 0.1) is 25.8 Å². The number of hydrogen-bond acceptors (Lipinski definition) is 8. The van der Waals surface area contributed by atoms with Crippen molar-refractivity contribution in [3.8, 4) is 11.4 Å². The smallest absolute Gasteiger partial charge is 0.411 e. The second-order valence-electron chi connectivity index (χ2n) is 9.92. The highest BCUT2D eigenvalue weighted by Gasteiger charge is 2.59. The number of amides is 1. The van der Waals surface area contributed by atoms with Crippen LogP contribution in [0.4, 0.5) is 9.18 Å². The summed E-state index contributed by atoms with van der Waals surface area (Å²) < 4.78 is 50.7. The first-order valence-electron chi connectivity index (χ1n) is 11.3. The number of likely N-dealkylation sites (tertiary alicyclic amines) is 1. The predicted molar refractivity (Wildman–Crippen MR) is 130 cm³/mol. The van der Waals surface area contributed by atoms with Gasteiger partial charge in [0.25, 0.3) is 0 Å². The number of sulfonamides is 1. The molecule has 1 aromatic carbocycles. The predicted octanol–water partition coefficient (Wildman–Crippen LogP) is 2.68. The second-order valence-corrected chi connectivity index (χ2v) is 11.7. The number of ether oxygens (including phenoxy) is 2. The van der Waals surface area contributed by atoms with Gasteiger partial charge in [-0.1, -0.05) is 18.2 Å². The Hall–Kier alpha value is -3.12. The molecule has 0 unspecified atom stereocenters. The number of methoxy groups -OCH3 is 1. The van der Waals surface area contributed by atoms with E-state index >= 15 is 0 Å². The standard InChI is InChI=1S/C24H31FN4O6S/c1-15-19(28-36(6,32)33)12-24(21(30)34-5,29(15)22(31)35-23(2,3)4)11-16-8-7-9-17(10-16)20-26-13-18(25)14-27-20/h7-10,13-15,19,28H,11-12H2,1-6H3/t15-,19+,24-/m0/s1. The van der Waals surface area contributed by atoms with Gasteiger partial charge in [0.15, 0.2) is 11.6 Å². The lowest BCUT2D eigenvalue weighted by atomic mass is 9.86. The summed E-state index contributed by atoms with van der Waals surface area (Å²) in [4.78, 5) is 36.0. The van der Waals surface area contributed by atoms with E-state index < -0.39 is 51.1 Å². The number of benzene rings is 1. The monoisotopic (exact) mass is 522 g/mol. The van der Waals surface area contributed by atoms with Gasteiger partial charge in [-0.05, 0) is 39.3 Å². The molecule has 0 bridgehead atoms. The number of carbonyl (C=O) groups is 2. The maximum absolute atomic E-state index is 13.4. The van der Waals surface area contributed by atoms with Crippen molar-refractivity contribution < 1.29 is 31.9 Å². The van der Waals surface area contributed by atoms with E-state index in [9.17, 15) is 22.4 Å². The highest BCUT2D eigenvalue weighted by atomic mass is 32.2. The molecule has 1 saturated heterocycles. The number of aromatic nitrogens is 2. The normalized spacial score (nSPS) is 22.4. The zero-order valence-electron chi connectivity index (χ0n) is 21.1. The summed E-state index contributed by atoms with van der Waals surface area (Å²) in [5.41, 5.74) is -1.22. The van der Waals surface area contributed by atoms with E-state index in [4.69, 9.17) is 9.47 Å². The molecule has 0 radical (unpaired) electrons. The Balaban J connectivity index is 2.09. The fourth-order valence-electron chi connectivity index (χ4n) is 4.49.